The zero-order chi connectivity index (χ0) is 25.9. The minimum Gasteiger partial charge on any atom is -0.768 e. The molecule has 0 radical (unpaired) electrons. The smallest absolute Gasteiger partial charge is 0.401 e. The summed E-state index contributed by atoms with van der Waals surface area (Å²) in [7, 11) is 1.40. The number of alkyl halides is 3. The molecule has 1 aliphatic heterocycles. The van der Waals surface area contributed by atoms with Crippen LogP contribution in [0.4, 0.5) is 27.6 Å². The van der Waals surface area contributed by atoms with E-state index in [0.717, 1.165) is 24.4 Å². The van der Waals surface area contributed by atoms with Crippen LogP contribution in [0.2, 0.25) is 0 Å². The molecule has 0 bridgehead atoms. The molecule has 2 unspecified atom stereocenters. The number of carbonyl (C=O) groups excluding carboxylic acids is 1. The molecule has 1 aromatic heterocycles. The Morgan fingerprint density at radius 3 is 2.51 bits per heavy atom. The molecule has 3 rings (SSSR count). The lowest BCUT2D eigenvalue weighted by atomic mass is 9.90. The van der Waals surface area contributed by atoms with Crippen LogP contribution in [0.25, 0.3) is 0 Å². The topological polar surface area (TPSA) is 113 Å². The maximum atomic E-state index is 13.5. The van der Waals surface area contributed by atoms with Crippen molar-refractivity contribution in [3.05, 3.63) is 41.7 Å². The SMILES string of the molecule is Cn1cc(S(=O)[O-])c(OCC(N)C2CCN(CC(F)(F)F)CC2)c1C(=O)Nc1ccc(F)c(F)c1. The first-order valence-corrected chi connectivity index (χ1v) is 11.7. The molecule has 0 saturated carbocycles. The molecule has 35 heavy (non-hydrogen) atoms. The third-order valence-corrected chi connectivity index (χ3v) is 6.39. The lowest BCUT2D eigenvalue weighted by molar-refractivity contribution is -0.148. The van der Waals surface area contributed by atoms with Gasteiger partial charge in [-0.05, 0) is 55.1 Å². The van der Waals surface area contributed by atoms with Gasteiger partial charge in [0.25, 0.3) is 5.91 Å². The second-order valence-electron chi connectivity index (χ2n) is 8.30. The van der Waals surface area contributed by atoms with Crippen LogP contribution in [-0.2, 0) is 18.1 Å². The number of piperidine rings is 1. The fraction of sp³-hybridized carbons (Fsp3) is 0.476. The summed E-state index contributed by atoms with van der Waals surface area (Å²) in [6.07, 6.45) is -2.33. The van der Waals surface area contributed by atoms with Gasteiger partial charge in [-0.25, -0.2) is 8.78 Å². The summed E-state index contributed by atoms with van der Waals surface area (Å²) in [4.78, 5) is 13.8. The first kappa shape index (κ1) is 27.0. The van der Waals surface area contributed by atoms with Crippen molar-refractivity contribution < 1.29 is 40.2 Å². The summed E-state index contributed by atoms with van der Waals surface area (Å²) in [5.41, 5.74) is 5.92. The second kappa shape index (κ2) is 11.0. The van der Waals surface area contributed by atoms with Gasteiger partial charge >= 0.3 is 6.18 Å². The molecule has 1 amide bonds. The summed E-state index contributed by atoms with van der Waals surface area (Å²) < 4.78 is 94.6. The average molecular weight is 524 g/mol. The number of halogens is 5. The highest BCUT2D eigenvalue weighted by molar-refractivity contribution is 7.79. The number of benzene rings is 1. The van der Waals surface area contributed by atoms with Crippen LogP contribution in [0.3, 0.4) is 0 Å². The molecule has 1 fully saturated rings. The molecule has 2 atom stereocenters. The van der Waals surface area contributed by atoms with Gasteiger partial charge in [-0.1, -0.05) is 0 Å². The number of amides is 1. The fourth-order valence-corrected chi connectivity index (χ4v) is 4.52. The molecular formula is C21H24F5N4O4S-. The van der Waals surface area contributed by atoms with Crippen LogP contribution in [0.1, 0.15) is 23.3 Å². The lowest BCUT2D eigenvalue weighted by Gasteiger charge is -2.34. The maximum absolute atomic E-state index is 13.5. The number of likely N-dealkylation sites (tertiary alicyclic amines) is 1. The summed E-state index contributed by atoms with van der Waals surface area (Å²) in [6.45, 7) is -0.768. The van der Waals surface area contributed by atoms with Gasteiger partial charge in [0, 0.05) is 31.0 Å². The van der Waals surface area contributed by atoms with Crippen molar-refractivity contribution in [2.45, 2.75) is 30.0 Å². The molecular weight excluding hydrogens is 499 g/mol. The predicted octanol–water partition coefficient (Wildman–Crippen LogP) is 2.77. The summed E-state index contributed by atoms with van der Waals surface area (Å²) in [6, 6.07) is 2.10. The van der Waals surface area contributed by atoms with E-state index in [0.29, 0.717) is 12.8 Å². The molecule has 14 heteroatoms. The van der Waals surface area contributed by atoms with Crippen LogP contribution in [0.15, 0.2) is 29.3 Å². The van der Waals surface area contributed by atoms with Crippen LogP contribution >= 0.6 is 0 Å². The normalized spacial score (nSPS) is 17.3. The Hall–Kier alpha value is -2.55. The van der Waals surface area contributed by atoms with Gasteiger partial charge in [-0.15, -0.1) is 0 Å². The van der Waals surface area contributed by atoms with E-state index in [4.69, 9.17) is 10.5 Å². The monoisotopic (exact) mass is 523 g/mol. The van der Waals surface area contributed by atoms with Crippen molar-refractivity contribution in [1.82, 2.24) is 9.47 Å². The molecule has 2 heterocycles. The number of carbonyl (C=O) groups is 1. The summed E-state index contributed by atoms with van der Waals surface area (Å²) >= 11 is -2.77. The minimum absolute atomic E-state index is 0.0619. The Labute approximate surface area is 200 Å². The Kier molecular flexibility index (Phi) is 8.51. The number of hydrogen-bond acceptors (Lipinski definition) is 6. The van der Waals surface area contributed by atoms with E-state index in [1.807, 2.05) is 0 Å². The van der Waals surface area contributed by atoms with Gasteiger partial charge in [-0.2, -0.15) is 13.2 Å². The molecule has 0 spiro atoms. The zero-order valence-corrected chi connectivity index (χ0v) is 19.4. The van der Waals surface area contributed by atoms with Crippen LogP contribution < -0.4 is 15.8 Å². The van der Waals surface area contributed by atoms with Gasteiger partial charge in [0.1, 0.15) is 6.61 Å². The molecule has 2 aromatic rings. The maximum Gasteiger partial charge on any atom is 0.401 e. The van der Waals surface area contributed by atoms with E-state index in [2.05, 4.69) is 5.32 Å². The third kappa shape index (κ3) is 6.99. The number of aromatic nitrogens is 1. The number of nitrogens with two attached hydrogens (primary N) is 1. The zero-order valence-electron chi connectivity index (χ0n) is 18.6. The van der Waals surface area contributed by atoms with Crippen LogP contribution in [0.5, 0.6) is 5.75 Å². The molecule has 3 N–H and O–H groups in total. The number of hydrogen-bond donors (Lipinski definition) is 2. The first-order valence-electron chi connectivity index (χ1n) is 10.6. The van der Waals surface area contributed by atoms with Crippen molar-refractivity contribution in [1.29, 1.82) is 0 Å². The summed E-state index contributed by atoms with van der Waals surface area (Å²) in [5, 5.41) is 2.36. The summed E-state index contributed by atoms with van der Waals surface area (Å²) in [5.74, 6) is -3.55. The molecule has 194 valence electrons. The fourth-order valence-electron chi connectivity index (χ4n) is 3.97. The number of ether oxygens (including phenoxy) is 1. The highest BCUT2D eigenvalue weighted by Crippen LogP contribution is 2.31. The molecule has 8 nitrogen and oxygen atoms in total. The predicted molar refractivity (Wildman–Crippen MR) is 116 cm³/mol. The van der Waals surface area contributed by atoms with Gasteiger partial charge < -0.3 is 24.9 Å². The quantitative estimate of drug-likeness (QED) is 0.407. The van der Waals surface area contributed by atoms with Crippen LogP contribution in [-0.4, -0.2) is 62.6 Å². The highest BCUT2D eigenvalue weighted by Gasteiger charge is 2.34. The Balaban J connectivity index is 1.70. The molecule has 1 aromatic carbocycles. The lowest BCUT2D eigenvalue weighted by Crippen LogP contribution is -2.45. The van der Waals surface area contributed by atoms with Crippen molar-refractivity contribution in [3.8, 4) is 5.75 Å². The number of nitrogens with zero attached hydrogens (tertiary/aromatic N) is 2. The number of nitrogens with one attached hydrogen (secondary N) is 1. The molecule has 0 aliphatic carbocycles. The number of anilines is 1. The largest absolute Gasteiger partial charge is 0.768 e. The first-order chi connectivity index (χ1) is 16.4. The van der Waals surface area contributed by atoms with E-state index in [1.54, 1.807) is 0 Å². The number of aryl methyl sites for hydroxylation is 1. The van der Waals surface area contributed by atoms with Crippen LogP contribution in [0, 0.1) is 17.6 Å². The molecule has 1 saturated heterocycles. The number of rotatable bonds is 8. The van der Waals surface area contributed by atoms with E-state index in [1.165, 1.54) is 16.5 Å². The van der Waals surface area contributed by atoms with Crippen molar-refractivity contribution in [2.24, 2.45) is 18.7 Å². The Morgan fingerprint density at radius 2 is 1.94 bits per heavy atom. The van der Waals surface area contributed by atoms with Gasteiger partial charge in [-0.3, -0.25) is 13.9 Å². The van der Waals surface area contributed by atoms with Gasteiger partial charge in [0.05, 0.1) is 11.4 Å². The van der Waals surface area contributed by atoms with Crippen molar-refractivity contribution in [2.75, 3.05) is 31.6 Å². The second-order valence-corrected chi connectivity index (χ2v) is 9.21. The van der Waals surface area contributed by atoms with Crippen molar-refractivity contribution >= 4 is 22.7 Å². The minimum atomic E-state index is -4.29. The van der Waals surface area contributed by atoms with E-state index in [-0.39, 0.29) is 47.6 Å². The molecule has 1 aliphatic rings. The van der Waals surface area contributed by atoms with E-state index in [9.17, 15) is 35.5 Å². The Morgan fingerprint density at radius 1 is 1.29 bits per heavy atom. The Bertz CT molecular complexity index is 1090. The van der Waals surface area contributed by atoms with Gasteiger partial charge in [0.15, 0.2) is 23.1 Å². The van der Waals surface area contributed by atoms with E-state index < -0.39 is 47.4 Å². The highest BCUT2D eigenvalue weighted by atomic mass is 32.2. The third-order valence-electron chi connectivity index (χ3n) is 5.74. The standard InChI is InChI=1S/C21H25F5N4O4S/c1-29-9-17(35(32)33)19(18(29)20(31)28-13-2-3-14(22)15(23)8-13)34-10-16(27)12-4-6-30(7-5-12)11-21(24,25)26/h2-3,8-9,12,16H,4-7,10-11,27H2,1H3,(H,28,31)(H,32,33)/p-1. The van der Waals surface area contributed by atoms with Crippen molar-refractivity contribution in [3.63, 3.8) is 0 Å². The van der Waals surface area contributed by atoms with E-state index >= 15 is 0 Å². The average Bonchev–Trinajstić information content (AvgIpc) is 3.10. The van der Waals surface area contributed by atoms with Gasteiger partial charge in [0.2, 0.25) is 0 Å².